The highest BCUT2D eigenvalue weighted by Gasteiger charge is 2.46. The Labute approximate surface area is 198 Å². The molecule has 1 aliphatic rings. The Morgan fingerprint density at radius 2 is 1.74 bits per heavy atom. The van der Waals surface area contributed by atoms with Crippen LogP contribution >= 0.6 is 0 Å². The van der Waals surface area contributed by atoms with Crippen LogP contribution in [0.15, 0.2) is 77.4 Å². The molecule has 0 saturated carbocycles. The number of aryl methyl sites for hydroxylation is 1. The predicted octanol–water partition coefficient (Wildman–Crippen LogP) is 6.07. The molecule has 0 spiro atoms. The molecule has 0 N–H and O–H groups in total. The van der Waals surface area contributed by atoms with E-state index in [1.54, 1.807) is 37.3 Å². The van der Waals surface area contributed by atoms with Gasteiger partial charge < -0.3 is 9.47 Å². The molecule has 1 amide bonds. The fraction of sp³-hybridized carbons (Fsp3) is 0.154. The van der Waals surface area contributed by atoms with Crippen LogP contribution in [0.25, 0.3) is 6.08 Å². The molecule has 0 radical (unpaired) electrons. The van der Waals surface area contributed by atoms with Gasteiger partial charge in [-0.25, -0.2) is 4.39 Å². The van der Waals surface area contributed by atoms with Crippen molar-refractivity contribution in [3.63, 3.8) is 0 Å². The van der Waals surface area contributed by atoms with E-state index in [9.17, 15) is 22.4 Å². The third-order valence-electron chi connectivity index (χ3n) is 5.20. The number of hydrogen-bond acceptors (Lipinski definition) is 4. The number of alkyl halides is 3. The minimum absolute atomic E-state index is 0.0754. The molecular formula is C26H20F4N2O3. The first-order valence-electron chi connectivity index (χ1n) is 10.5. The van der Waals surface area contributed by atoms with Crippen molar-refractivity contribution in [3.8, 4) is 11.5 Å². The molecule has 1 aliphatic heterocycles. The minimum atomic E-state index is -4.84. The highest BCUT2D eigenvalue weighted by atomic mass is 19.4. The third-order valence-corrected chi connectivity index (χ3v) is 5.20. The first-order valence-corrected chi connectivity index (χ1v) is 10.5. The summed E-state index contributed by atoms with van der Waals surface area (Å²) in [6.07, 6.45) is -3.72. The molecule has 3 aromatic carbocycles. The lowest BCUT2D eigenvalue weighted by Crippen LogP contribution is -2.25. The van der Waals surface area contributed by atoms with Crippen LogP contribution < -0.4 is 14.5 Å². The highest BCUT2D eigenvalue weighted by Crippen LogP contribution is 2.35. The molecule has 0 unspecified atom stereocenters. The number of anilines is 1. The van der Waals surface area contributed by atoms with Gasteiger partial charge in [0.1, 0.15) is 12.4 Å². The molecule has 180 valence electrons. The van der Waals surface area contributed by atoms with Gasteiger partial charge in [0.25, 0.3) is 5.91 Å². The van der Waals surface area contributed by atoms with Crippen molar-refractivity contribution in [2.24, 2.45) is 5.10 Å². The summed E-state index contributed by atoms with van der Waals surface area (Å²) < 4.78 is 65.5. The summed E-state index contributed by atoms with van der Waals surface area (Å²) in [5, 5.41) is 4.34. The zero-order chi connectivity index (χ0) is 25.2. The average molecular weight is 484 g/mol. The van der Waals surface area contributed by atoms with E-state index in [-0.39, 0.29) is 29.4 Å². The van der Waals surface area contributed by atoms with Gasteiger partial charge in [-0.1, -0.05) is 30.3 Å². The first kappa shape index (κ1) is 24.0. The fourth-order valence-electron chi connectivity index (χ4n) is 3.49. The van der Waals surface area contributed by atoms with Crippen molar-refractivity contribution in [2.75, 3.05) is 12.1 Å². The van der Waals surface area contributed by atoms with Crippen molar-refractivity contribution in [1.82, 2.24) is 0 Å². The largest absolute Gasteiger partial charge is 0.493 e. The lowest BCUT2D eigenvalue weighted by atomic mass is 10.1. The number of carbonyl (C=O) groups is 1. The van der Waals surface area contributed by atoms with E-state index < -0.39 is 23.4 Å². The fourth-order valence-corrected chi connectivity index (χ4v) is 3.49. The Bertz CT molecular complexity index is 1310. The number of benzene rings is 3. The van der Waals surface area contributed by atoms with Crippen LogP contribution in [0.2, 0.25) is 0 Å². The number of carbonyl (C=O) groups excluding carboxylic acids is 1. The Balaban J connectivity index is 1.67. The van der Waals surface area contributed by atoms with Crippen molar-refractivity contribution >= 4 is 23.4 Å². The molecule has 1 heterocycles. The molecule has 0 saturated heterocycles. The highest BCUT2D eigenvalue weighted by molar-refractivity contribution is 6.34. The number of hydrazone groups is 1. The van der Waals surface area contributed by atoms with Crippen LogP contribution in [0.3, 0.4) is 0 Å². The number of amides is 1. The molecule has 0 aromatic heterocycles. The van der Waals surface area contributed by atoms with Gasteiger partial charge in [0.05, 0.1) is 18.4 Å². The summed E-state index contributed by atoms with van der Waals surface area (Å²) in [6, 6.07) is 16.7. The summed E-state index contributed by atoms with van der Waals surface area (Å²) in [5.41, 5.74) is 0.102. The minimum Gasteiger partial charge on any atom is -0.493 e. The van der Waals surface area contributed by atoms with E-state index in [4.69, 9.17) is 9.47 Å². The number of nitrogens with zero attached hydrogens (tertiary/aromatic N) is 2. The third kappa shape index (κ3) is 5.34. The SMILES string of the molecule is COc1ccc(/C=C2\C(=O)N(c3cccc(C)c3)N=C2C(F)(F)F)cc1OCc1ccc(F)cc1. The predicted molar refractivity (Wildman–Crippen MR) is 124 cm³/mol. The van der Waals surface area contributed by atoms with Crippen LogP contribution in [0.4, 0.5) is 23.2 Å². The molecule has 35 heavy (non-hydrogen) atoms. The molecule has 4 rings (SSSR count). The van der Waals surface area contributed by atoms with Gasteiger partial charge in [-0.2, -0.15) is 23.3 Å². The van der Waals surface area contributed by atoms with Crippen molar-refractivity contribution in [2.45, 2.75) is 19.7 Å². The van der Waals surface area contributed by atoms with Crippen LogP contribution in [0, 0.1) is 12.7 Å². The maximum absolute atomic E-state index is 13.8. The van der Waals surface area contributed by atoms with Gasteiger partial charge in [-0.05, 0) is 66.1 Å². The topological polar surface area (TPSA) is 51.1 Å². The van der Waals surface area contributed by atoms with Crippen molar-refractivity contribution < 1.29 is 31.8 Å². The maximum atomic E-state index is 13.8. The summed E-state index contributed by atoms with van der Waals surface area (Å²) in [5.74, 6) is -0.689. The zero-order valence-electron chi connectivity index (χ0n) is 18.8. The number of halogens is 4. The van der Waals surface area contributed by atoms with E-state index in [0.717, 1.165) is 16.6 Å². The van der Waals surface area contributed by atoms with Gasteiger partial charge in [-0.15, -0.1) is 0 Å². The van der Waals surface area contributed by atoms with Crippen LogP contribution in [0.5, 0.6) is 11.5 Å². The second-order valence-corrected chi connectivity index (χ2v) is 7.79. The van der Waals surface area contributed by atoms with Gasteiger partial charge in [0, 0.05) is 0 Å². The Morgan fingerprint density at radius 3 is 2.40 bits per heavy atom. The summed E-state index contributed by atoms with van der Waals surface area (Å²) in [6.45, 7) is 1.84. The number of rotatable bonds is 6. The van der Waals surface area contributed by atoms with Crippen molar-refractivity contribution in [3.05, 3.63) is 94.8 Å². The molecule has 0 fully saturated rings. The average Bonchev–Trinajstić information content (AvgIpc) is 3.15. The number of ether oxygens (including phenoxy) is 2. The van der Waals surface area contributed by atoms with Gasteiger partial charge in [0.15, 0.2) is 17.2 Å². The van der Waals surface area contributed by atoms with Crippen molar-refractivity contribution in [1.29, 1.82) is 0 Å². The molecule has 3 aromatic rings. The quantitative estimate of drug-likeness (QED) is 0.315. The maximum Gasteiger partial charge on any atom is 0.435 e. The smallest absolute Gasteiger partial charge is 0.435 e. The summed E-state index contributed by atoms with van der Waals surface area (Å²) in [4.78, 5) is 13.0. The van der Waals surface area contributed by atoms with E-state index in [0.29, 0.717) is 11.3 Å². The van der Waals surface area contributed by atoms with Crippen LogP contribution in [0.1, 0.15) is 16.7 Å². The van der Waals surface area contributed by atoms with Gasteiger partial charge in [0.2, 0.25) is 0 Å². The van der Waals surface area contributed by atoms with E-state index in [1.165, 1.54) is 43.5 Å². The van der Waals surface area contributed by atoms with Gasteiger partial charge >= 0.3 is 6.18 Å². The van der Waals surface area contributed by atoms with Crippen LogP contribution in [-0.2, 0) is 11.4 Å². The molecule has 5 nitrogen and oxygen atoms in total. The number of hydrogen-bond donors (Lipinski definition) is 0. The second-order valence-electron chi connectivity index (χ2n) is 7.79. The summed E-state index contributed by atoms with van der Waals surface area (Å²) in [7, 11) is 1.42. The number of methoxy groups -OCH3 is 1. The molecule has 9 heteroatoms. The standard InChI is InChI=1S/C26H20F4N2O3/c1-16-4-3-5-20(12-16)32-25(33)21(24(31-32)26(28,29)30)13-18-8-11-22(34-2)23(14-18)35-15-17-6-9-19(27)10-7-17/h3-14H,15H2,1-2H3/b21-13-. The molecule has 0 atom stereocenters. The first-order chi connectivity index (χ1) is 16.7. The monoisotopic (exact) mass is 484 g/mol. The molecule has 0 bridgehead atoms. The summed E-state index contributed by atoms with van der Waals surface area (Å²) >= 11 is 0. The molecule has 0 aliphatic carbocycles. The Morgan fingerprint density at radius 1 is 1.00 bits per heavy atom. The normalized spacial score (nSPS) is 14.9. The van der Waals surface area contributed by atoms with Gasteiger partial charge in [-0.3, -0.25) is 4.79 Å². The Kier molecular flexibility index (Phi) is 6.59. The zero-order valence-corrected chi connectivity index (χ0v) is 18.8. The van der Waals surface area contributed by atoms with Crippen LogP contribution in [-0.4, -0.2) is 24.9 Å². The van der Waals surface area contributed by atoms with E-state index >= 15 is 0 Å². The Hall–Kier alpha value is -4.14. The lowest BCUT2D eigenvalue weighted by Gasteiger charge is -2.13. The molecular weight excluding hydrogens is 464 g/mol. The van der Waals surface area contributed by atoms with E-state index in [1.807, 2.05) is 0 Å². The van der Waals surface area contributed by atoms with E-state index in [2.05, 4.69) is 5.10 Å². The second kappa shape index (κ2) is 9.61. The lowest BCUT2D eigenvalue weighted by molar-refractivity contribution is -0.114.